The van der Waals surface area contributed by atoms with Gasteiger partial charge in [0.1, 0.15) is 5.75 Å². The summed E-state index contributed by atoms with van der Waals surface area (Å²) >= 11 is 0. The Kier molecular flexibility index (Phi) is 3.10. The van der Waals surface area contributed by atoms with Crippen LogP contribution in [0.25, 0.3) is 0 Å². The smallest absolute Gasteiger partial charge is 0.238 e. The summed E-state index contributed by atoms with van der Waals surface area (Å²) in [5.74, 6) is -0.0146. The zero-order chi connectivity index (χ0) is 10.8. The SMILES string of the molecule is COCc1cc(S(N)(=O)=O)ccc1O. The number of phenolic OH excluding ortho intramolecular Hbond substituents is 1. The predicted molar refractivity (Wildman–Crippen MR) is 50.2 cm³/mol. The molecule has 0 amide bonds. The Morgan fingerprint density at radius 1 is 1.50 bits per heavy atom. The van der Waals surface area contributed by atoms with Crippen LogP contribution in [0.15, 0.2) is 23.1 Å². The van der Waals surface area contributed by atoms with Crippen molar-refractivity contribution >= 4 is 10.0 Å². The van der Waals surface area contributed by atoms with Crippen molar-refractivity contribution in [1.82, 2.24) is 0 Å². The largest absolute Gasteiger partial charge is 0.508 e. The Labute approximate surface area is 82.2 Å². The molecule has 0 fully saturated rings. The first-order valence-electron chi connectivity index (χ1n) is 3.79. The van der Waals surface area contributed by atoms with Crippen LogP contribution < -0.4 is 5.14 Å². The van der Waals surface area contributed by atoms with Gasteiger partial charge in [-0.1, -0.05) is 0 Å². The molecule has 0 bridgehead atoms. The number of rotatable bonds is 3. The van der Waals surface area contributed by atoms with Gasteiger partial charge in [-0.25, -0.2) is 13.6 Å². The minimum absolute atomic E-state index is 0.0146. The standard InChI is InChI=1S/C8H11NO4S/c1-13-5-6-4-7(14(9,11)12)2-3-8(6)10/h2-4,10H,5H2,1H3,(H2,9,11,12). The van der Waals surface area contributed by atoms with Crippen LogP contribution in [0.4, 0.5) is 0 Å². The van der Waals surface area contributed by atoms with Gasteiger partial charge in [-0.15, -0.1) is 0 Å². The number of nitrogens with two attached hydrogens (primary N) is 1. The van der Waals surface area contributed by atoms with E-state index in [9.17, 15) is 13.5 Å². The number of benzene rings is 1. The van der Waals surface area contributed by atoms with Gasteiger partial charge in [0.2, 0.25) is 10.0 Å². The summed E-state index contributed by atoms with van der Waals surface area (Å²) in [6.45, 7) is 0.134. The van der Waals surface area contributed by atoms with Crippen LogP contribution >= 0.6 is 0 Å². The maximum absolute atomic E-state index is 11.0. The van der Waals surface area contributed by atoms with E-state index in [2.05, 4.69) is 0 Å². The lowest BCUT2D eigenvalue weighted by molar-refractivity contribution is 0.182. The molecule has 3 N–H and O–H groups in total. The Morgan fingerprint density at radius 3 is 2.64 bits per heavy atom. The molecule has 0 heterocycles. The van der Waals surface area contributed by atoms with E-state index in [0.717, 1.165) is 0 Å². The first-order valence-corrected chi connectivity index (χ1v) is 5.33. The second-order valence-corrected chi connectivity index (χ2v) is 4.33. The minimum Gasteiger partial charge on any atom is -0.508 e. The van der Waals surface area contributed by atoms with E-state index in [-0.39, 0.29) is 17.3 Å². The maximum atomic E-state index is 11.0. The van der Waals surface area contributed by atoms with E-state index < -0.39 is 10.0 Å². The lowest BCUT2D eigenvalue weighted by Gasteiger charge is -2.05. The summed E-state index contributed by atoms with van der Waals surface area (Å²) in [5.41, 5.74) is 0.388. The van der Waals surface area contributed by atoms with E-state index in [1.165, 1.54) is 25.3 Å². The molecule has 0 atom stereocenters. The quantitative estimate of drug-likeness (QED) is 0.756. The summed E-state index contributed by atoms with van der Waals surface area (Å²) in [4.78, 5) is -0.0395. The molecular weight excluding hydrogens is 206 g/mol. The maximum Gasteiger partial charge on any atom is 0.238 e. The Morgan fingerprint density at radius 2 is 2.14 bits per heavy atom. The molecule has 0 radical (unpaired) electrons. The average Bonchev–Trinajstić information content (AvgIpc) is 2.07. The zero-order valence-corrected chi connectivity index (χ0v) is 8.41. The molecule has 6 heteroatoms. The van der Waals surface area contributed by atoms with Crippen molar-refractivity contribution in [1.29, 1.82) is 0 Å². The number of ether oxygens (including phenoxy) is 1. The summed E-state index contributed by atoms with van der Waals surface area (Å²) in [6, 6.07) is 3.80. The molecule has 0 saturated carbocycles. The molecule has 1 aromatic carbocycles. The highest BCUT2D eigenvalue weighted by Crippen LogP contribution is 2.21. The molecule has 0 unspecified atom stereocenters. The topological polar surface area (TPSA) is 89.6 Å². The van der Waals surface area contributed by atoms with Crippen LogP contribution in [0.3, 0.4) is 0 Å². The summed E-state index contributed by atoms with van der Waals surface area (Å²) in [6.07, 6.45) is 0. The van der Waals surface area contributed by atoms with Crippen LogP contribution in [0.5, 0.6) is 5.75 Å². The predicted octanol–water partition coefficient (Wildman–Crippen LogP) is 0.186. The Bertz CT molecular complexity index is 427. The highest BCUT2D eigenvalue weighted by Gasteiger charge is 2.10. The third-order valence-corrected chi connectivity index (χ3v) is 2.59. The third-order valence-electron chi connectivity index (χ3n) is 1.68. The van der Waals surface area contributed by atoms with Gasteiger partial charge >= 0.3 is 0 Å². The molecule has 0 aliphatic rings. The molecule has 5 nitrogen and oxygen atoms in total. The van der Waals surface area contributed by atoms with E-state index in [4.69, 9.17) is 9.88 Å². The van der Waals surface area contributed by atoms with Gasteiger partial charge < -0.3 is 9.84 Å². The number of hydrogen-bond donors (Lipinski definition) is 2. The fraction of sp³-hybridized carbons (Fsp3) is 0.250. The molecule has 1 aromatic rings. The van der Waals surface area contributed by atoms with Crippen molar-refractivity contribution in [3.63, 3.8) is 0 Å². The van der Waals surface area contributed by atoms with Gasteiger partial charge in [0.25, 0.3) is 0 Å². The molecular formula is C8H11NO4S. The number of hydrogen-bond acceptors (Lipinski definition) is 4. The van der Waals surface area contributed by atoms with Gasteiger partial charge in [0.15, 0.2) is 0 Å². The molecule has 1 rings (SSSR count). The van der Waals surface area contributed by atoms with Crippen molar-refractivity contribution in [2.45, 2.75) is 11.5 Å². The van der Waals surface area contributed by atoms with E-state index in [1.54, 1.807) is 0 Å². The first kappa shape index (κ1) is 11.0. The van der Waals surface area contributed by atoms with Crippen molar-refractivity contribution in [3.05, 3.63) is 23.8 Å². The van der Waals surface area contributed by atoms with Gasteiger partial charge in [-0.05, 0) is 18.2 Å². The van der Waals surface area contributed by atoms with E-state index in [0.29, 0.717) is 5.56 Å². The number of methoxy groups -OCH3 is 1. The first-order chi connectivity index (χ1) is 6.45. The van der Waals surface area contributed by atoms with Crippen molar-refractivity contribution in [3.8, 4) is 5.75 Å². The third kappa shape index (κ3) is 2.44. The highest BCUT2D eigenvalue weighted by molar-refractivity contribution is 7.89. The molecule has 0 aromatic heterocycles. The Balaban J connectivity index is 3.20. The number of phenols is 1. The van der Waals surface area contributed by atoms with Crippen LogP contribution in [0.1, 0.15) is 5.56 Å². The molecule has 0 saturated heterocycles. The lowest BCUT2D eigenvalue weighted by atomic mass is 10.2. The van der Waals surface area contributed by atoms with E-state index in [1.807, 2.05) is 0 Å². The van der Waals surface area contributed by atoms with Crippen molar-refractivity contribution in [2.75, 3.05) is 7.11 Å². The second kappa shape index (κ2) is 3.95. The van der Waals surface area contributed by atoms with Gasteiger partial charge in [-0.3, -0.25) is 0 Å². The number of primary sulfonamides is 1. The van der Waals surface area contributed by atoms with Crippen molar-refractivity contribution in [2.24, 2.45) is 5.14 Å². The highest BCUT2D eigenvalue weighted by atomic mass is 32.2. The molecule has 0 aliphatic heterocycles. The summed E-state index contributed by atoms with van der Waals surface area (Å²) in [7, 11) is -2.28. The molecule has 78 valence electrons. The van der Waals surface area contributed by atoms with Gasteiger partial charge in [0, 0.05) is 12.7 Å². The van der Waals surface area contributed by atoms with Gasteiger partial charge in [0.05, 0.1) is 11.5 Å². The van der Waals surface area contributed by atoms with Crippen molar-refractivity contribution < 1.29 is 18.3 Å². The van der Waals surface area contributed by atoms with Crippen LogP contribution in [-0.2, 0) is 21.4 Å². The monoisotopic (exact) mass is 217 g/mol. The fourth-order valence-electron chi connectivity index (χ4n) is 1.01. The molecule has 0 aliphatic carbocycles. The van der Waals surface area contributed by atoms with Crippen LogP contribution in [0, 0.1) is 0 Å². The average molecular weight is 217 g/mol. The summed E-state index contributed by atoms with van der Waals surface area (Å²) in [5, 5.41) is 14.2. The van der Waals surface area contributed by atoms with Gasteiger partial charge in [-0.2, -0.15) is 0 Å². The fourth-order valence-corrected chi connectivity index (χ4v) is 1.57. The minimum atomic E-state index is -3.73. The molecule has 0 spiro atoms. The van der Waals surface area contributed by atoms with E-state index >= 15 is 0 Å². The van der Waals surface area contributed by atoms with Crippen LogP contribution in [0.2, 0.25) is 0 Å². The Hall–Kier alpha value is -1.11. The molecule has 14 heavy (non-hydrogen) atoms. The number of sulfonamides is 1. The zero-order valence-electron chi connectivity index (χ0n) is 7.60. The number of aromatic hydroxyl groups is 1. The van der Waals surface area contributed by atoms with Crippen LogP contribution in [-0.4, -0.2) is 20.6 Å². The normalized spacial score (nSPS) is 11.6. The summed E-state index contributed by atoms with van der Waals surface area (Å²) < 4.78 is 26.7. The second-order valence-electron chi connectivity index (χ2n) is 2.77. The lowest BCUT2D eigenvalue weighted by Crippen LogP contribution is -2.12.